The van der Waals surface area contributed by atoms with Gasteiger partial charge in [0.05, 0.1) is 10.2 Å². The monoisotopic (exact) mass is 416 g/mol. The van der Waals surface area contributed by atoms with Gasteiger partial charge in [-0.05, 0) is 30.2 Å². The van der Waals surface area contributed by atoms with Gasteiger partial charge in [-0.3, -0.25) is 9.78 Å². The number of amides is 1. The Hall–Kier alpha value is -3.45. The molecule has 4 aromatic rings. The number of benzene rings is 2. The van der Waals surface area contributed by atoms with Crippen molar-refractivity contribution in [3.8, 4) is 11.5 Å². The van der Waals surface area contributed by atoms with Crippen LogP contribution >= 0.6 is 11.3 Å². The Morgan fingerprint density at radius 1 is 1.10 bits per heavy atom. The zero-order chi connectivity index (χ0) is 20.5. The Kier molecular flexibility index (Phi) is 4.80. The third-order valence-electron chi connectivity index (χ3n) is 5.11. The van der Waals surface area contributed by atoms with Gasteiger partial charge < -0.3 is 15.4 Å². The number of aromatic nitrogens is 2. The predicted octanol–water partition coefficient (Wildman–Crippen LogP) is 4.81. The van der Waals surface area contributed by atoms with Crippen molar-refractivity contribution in [2.75, 3.05) is 12.4 Å². The zero-order valence-corrected chi connectivity index (χ0v) is 17.1. The minimum Gasteiger partial charge on any atom is -0.457 e. The average Bonchev–Trinajstić information content (AvgIpc) is 3.43. The first-order valence-electron chi connectivity index (χ1n) is 9.77. The van der Waals surface area contributed by atoms with Crippen LogP contribution in [0.5, 0.6) is 11.5 Å². The molecule has 2 N–H and O–H groups in total. The minimum absolute atomic E-state index is 0.247. The number of ether oxygens (including phenoxy) is 1. The van der Waals surface area contributed by atoms with Crippen LogP contribution in [0.4, 0.5) is 5.13 Å². The van der Waals surface area contributed by atoms with E-state index in [4.69, 9.17) is 9.72 Å². The summed E-state index contributed by atoms with van der Waals surface area (Å²) in [6.07, 6.45) is 2.69. The van der Waals surface area contributed by atoms with E-state index >= 15 is 0 Å². The lowest BCUT2D eigenvalue weighted by Crippen LogP contribution is -2.18. The minimum atomic E-state index is -0.247. The molecule has 0 spiro atoms. The molecule has 0 bridgehead atoms. The number of pyridine rings is 1. The summed E-state index contributed by atoms with van der Waals surface area (Å²) in [4.78, 5) is 20.5. The second-order valence-electron chi connectivity index (χ2n) is 7.21. The van der Waals surface area contributed by atoms with Gasteiger partial charge in [0.15, 0.2) is 5.13 Å². The molecule has 1 aliphatic rings. The summed E-state index contributed by atoms with van der Waals surface area (Å²) in [6.45, 7) is 0. The molecule has 0 saturated heterocycles. The van der Waals surface area contributed by atoms with Crippen LogP contribution < -0.4 is 15.4 Å². The maximum Gasteiger partial charge on any atom is 0.269 e. The topological polar surface area (TPSA) is 76.1 Å². The quantitative estimate of drug-likeness (QED) is 0.472. The van der Waals surface area contributed by atoms with E-state index in [0.29, 0.717) is 29.2 Å². The summed E-state index contributed by atoms with van der Waals surface area (Å²) < 4.78 is 6.99. The number of hydrogen-bond donors (Lipinski definition) is 2. The van der Waals surface area contributed by atoms with E-state index in [-0.39, 0.29) is 5.91 Å². The number of carbonyl (C=O) groups is 1. The highest BCUT2D eigenvalue weighted by molar-refractivity contribution is 7.22. The van der Waals surface area contributed by atoms with Crippen LogP contribution in [0, 0.1) is 0 Å². The predicted molar refractivity (Wildman–Crippen MR) is 119 cm³/mol. The highest BCUT2D eigenvalue weighted by Crippen LogP contribution is 2.43. The van der Waals surface area contributed by atoms with Crippen molar-refractivity contribution in [3.63, 3.8) is 0 Å². The number of thiazole rings is 1. The molecule has 5 rings (SSSR count). The molecule has 30 heavy (non-hydrogen) atoms. The van der Waals surface area contributed by atoms with Crippen LogP contribution in [0.15, 0.2) is 66.9 Å². The number of rotatable bonds is 6. The Bertz CT molecular complexity index is 1210. The van der Waals surface area contributed by atoms with Crippen LogP contribution in [-0.4, -0.2) is 29.0 Å². The van der Waals surface area contributed by atoms with Crippen molar-refractivity contribution < 1.29 is 9.53 Å². The first-order chi connectivity index (χ1) is 14.7. The number of hydrogen-bond acceptors (Lipinski definition) is 6. The molecule has 1 fully saturated rings. The lowest BCUT2D eigenvalue weighted by Gasteiger charge is -2.06. The van der Waals surface area contributed by atoms with E-state index < -0.39 is 0 Å². The zero-order valence-electron chi connectivity index (χ0n) is 16.3. The summed E-state index contributed by atoms with van der Waals surface area (Å²) >= 11 is 1.62. The normalized spacial score (nSPS) is 17.5. The average molecular weight is 417 g/mol. The first kappa shape index (κ1) is 18.6. The molecule has 0 unspecified atom stereocenters. The largest absolute Gasteiger partial charge is 0.457 e. The third kappa shape index (κ3) is 3.84. The summed E-state index contributed by atoms with van der Waals surface area (Å²) in [5.74, 6) is 1.57. The van der Waals surface area contributed by atoms with E-state index in [1.807, 2.05) is 24.3 Å². The first-order valence-corrected chi connectivity index (χ1v) is 10.6. The number of nitrogens with one attached hydrogen (secondary N) is 2. The van der Waals surface area contributed by atoms with Crippen molar-refractivity contribution >= 4 is 32.6 Å². The Labute approximate surface area is 178 Å². The lowest BCUT2D eigenvalue weighted by molar-refractivity contribution is 0.0958. The molecule has 2 heterocycles. The standard InChI is InChI=1S/C23H20N4O2S/c1-24-22(28)20-11-16(9-10-25-20)29-15-7-8-18-21(12-15)30-23(26-18)27-19-13-17(19)14-5-3-2-4-6-14/h2-12,17,19H,13H2,1H3,(H,24,28)(H,26,27)/t17-,19-/m0/s1. The van der Waals surface area contributed by atoms with Gasteiger partial charge in [0.25, 0.3) is 5.91 Å². The van der Waals surface area contributed by atoms with Gasteiger partial charge in [0.1, 0.15) is 17.2 Å². The lowest BCUT2D eigenvalue weighted by atomic mass is 10.1. The Balaban J connectivity index is 1.29. The number of nitrogens with zero attached hydrogens (tertiary/aromatic N) is 2. The summed E-state index contributed by atoms with van der Waals surface area (Å²) in [5.41, 5.74) is 2.63. The van der Waals surface area contributed by atoms with Gasteiger partial charge in [-0.25, -0.2) is 4.98 Å². The second-order valence-corrected chi connectivity index (χ2v) is 8.24. The van der Waals surface area contributed by atoms with E-state index in [2.05, 4.69) is 39.9 Å². The van der Waals surface area contributed by atoms with Crippen molar-refractivity contribution in [1.82, 2.24) is 15.3 Å². The van der Waals surface area contributed by atoms with Crippen molar-refractivity contribution in [2.24, 2.45) is 0 Å². The van der Waals surface area contributed by atoms with Crippen LogP contribution in [0.25, 0.3) is 10.2 Å². The van der Waals surface area contributed by atoms with Crippen molar-refractivity contribution in [2.45, 2.75) is 18.4 Å². The molecular formula is C23H20N4O2S. The fraction of sp³-hybridized carbons (Fsp3) is 0.174. The van der Waals surface area contributed by atoms with Gasteiger partial charge in [-0.15, -0.1) is 0 Å². The van der Waals surface area contributed by atoms with Crippen LogP contribution in [-0.2, 0) is 0 Å². The number of carbonyl (C=O) groups excluding carboxylic acids is 1. The molecular weight excluding hydrogens is 396 g/mol. The number of fused-ring (bicyclic) bond motifs is 1. The maximum absolute atomic E-state index is 11.8. The summed E-state index contributed by atoms with van der Waals surface area (Å²) in [7, 11) is 1.57. The molecule has 1 aliphatic carbocycles. The van der Waals surface area contributed by atoms with Crippen LogP contribution in [0.1, 0.15) is 28.4 Å². The molecule has 2 aromatic heterocycles. The summed E-state index contributed by atoms with van der Waals surface area (Å²) in [5, 5.41) is 7.05. The Morgan fingerprint density at radius 3 is 2.77 bits per heavy atom. The fourth-order valence-electron chi connectivity index (χ4n) is 3.47. The fourth-order valence-corrected chi connectivity index (χ4v) is 4.43. The summed E-state index contributed by atoms with van der Waals surface area (Å²) in [6, 6.07) is 20.2. The molecule has 1 saturated carbocycles. The van der Waals surface area contributed by atoms with E-state index in [0.717, 1.165) is 21.8 Å². The molecule has 2 atom stereocenters. The molecule has 1 amide bonds. The highest BCUT2D eigenvalue weighted by atomic mass is 32.1. The van der Waals surface area contributed by atoms with Crippen molar-refractivity contribution in [1.29, 1.82) is 0 Å². The smallest absolute Gasteiger partial charge is 0.269 e. The number of anilines is 1. The van der Waals surface area contributed by atoms with Crippen LogP contribution in [0.3, 0.4) is 0 Å². The maximum atomic E-state index is 11.8. The van der Waals surface area contributed by atoms with Crippen molar-refractivity contribution in [3.05, 3.63) is 78.1 Å². The third-order valence-corrected chi connectivity index (χ3v) is 6.06. The Morgan fingerprint density at radius 2 is 1.93 bits per heavy atom. The molecule has 0 aliphatic heterocycles. The molecule has 7 heteroatoms. The van der Waals surface area contributed by atoms with Crippen LogP contribution in [0.2, 0.25) is 0 Å². The van der Waals surface area contributed by atoms with Gasteiger partial charge in [0, 0.05) is 37.3 Å². The molecule has 2 aromatic carbocycles. The van der Waals surface area contributed by atoms with E-state index in [1.165, 1.54) is 5.56 Å². The SMILES string of the molecule is CNC(=O)c1cc(Oc2ccc3nc(N[C@H]4C[C@H]4c4ccccc4)sc3c2)ccn1. The highest BCUT2D eigenvalue weighted by Gasteiger charge is 2.38. The van der Waals surface area contributed by atoms with E-state index in [1.54, 1.807) is 36.7 Å². The molecule has 0 radical (unpaired) electrons. The van der Waals surface area contributed by atoms with Gasteiger partial charge in [0.2, 0.25) is 0 Å². The van der Waals surface area contributed by atoms with E-state index in [9.17, 15) is 4.79 Å². The molecule has 150 valence electrons. The van der Waals surface area contributed by atoms with Gasteiger partial charge >= 0.3 is 0 Å². The van der Waals surface area contributed by atoms with Gasteiger partial charge in [-0.2, -0.15) is 0 Å². The second kappa shape index (κ2) is 7.76. The molecule has 6 nitrogen and oxygen atoms in total. The van der Waals surface area contributed by atoms with Gasteiger partial charge in [-0.1, -0.05) is 41.7 Å².